The van der Waals surface area contributed by atoms with Gasteiger partial charge in [-0.3, -0.25) is 0 Å². The standard InChI is InChI=1S/C17H20FNO3.C11H9FINO.C6H12O2.CH4/c1-11-16(10-21-15-4-2-3-14(20)9-15)19-17(22-11)12-5-7-13(18)8-6-12;1-7-10(6-13)14-11(15-7)8-2-4-9(12)5-3-8;7-5-2-1-3-6(8)4-5;/h5-8,14-15,20H,2-4,9-10H2,1H3;2-5H,6H2,1H3;5-8H,1-4H2;1H4. The number of ether oxygens (including phenoxy) is 1. The molecule has 4 unspecified atom stereocenters. The van der Waals surface area contributed by atoms with Crippen LogP contribution in [0.4, 0.5) is 8.78 Å². The maximum atomic E-state index is 13.0. The van der Waals surface area contributed by atoms with Crippen molar-refractivity contribution in [2.75, 3.05) is 0 Å². The van der Waals surface area contributed by atoms with Crippen LogP contribution < -0.4 is 0 Å². The lowest BCUT2D eigenvalue weighted by atomic mass is 9.95. The molecule has 3 N–H and O–H groups in total. The van der Waals surface area contributed by atoms with E-state index in [0.717, 1.165) is 71.2 Å². The summed E-state index contributed by atoms with van der Waals surface area (Å²) in [6.07, 6.45) is 6.15. The van der Waals surface area contributed by atoms with Crippen molar-refractivity contribution in [1.29, 1.82) is 0 Å². The number of aliphatic hydroxyl groups is 3. The van der Waals surface area contributed by atoms with Crippen LogP contribution in [-0.2, 0) is 15.8 Å². The van der Waals surface area contributed by atoms with Gasteiger partial charge >= 0.3 is 0 Å². The second kappa shape index (κ2) is 18.6. The molecule has 252 valence electrons. The number of halogens is 3. The van der Waals surface area contributed by atoms with Gasteiger partial charge in [-0.1, -0.05) is 30.0 Å². The zero-order valence-electron chi connectivity index (χ0n) is 25.6. The Hall–Kier alpha value is -2.71. The Labute approximate surface area is 283 Å². The third-order valence-electron chi connectivity index (χ3n) is 7.77. The van der Waals surface area contributed by atoms with E-state index >= 15 is 0 Å². The number of rotatable bonds is 6. The molecule has 8 nitrogen and oxygen atoms in total. The van der Waals surface area contributed by atoms with Crippen molar-refractivity contribution in [3.63, 3.8) is 0 Å². The topological polar surface area (TPSA) is 122 Å². The van der Waals surface area contributed by atoms with Crippen molar-refractivity contribution in [3.8, 4) is 22.9 Å². The zero-order chi connectivity index (χ0) is 32.3. The van der Waals surface area contributed by atoms with Crippen molar-refractivity contribution in [2.45, 2.75) is 108 Å². The van der Waals surface area contributed by atoms with Crippen molar-refractivity contribution >= 4 is 22.6 Å². The molecule has 0 spiro atoms. The Morgan fingerprint density at radius 2 is 1.15 bits per heavy atom. The lowest BCUT2D eigenvalue weighted by Gasteiger charge is -2.25. The van der Waals surface area contributed by atoms with E-state index < -0.39 is 0 Å². The molecule has 0 radical (unpaired) electrons. The second-order valence-corrected chi connectivity index (χ2v) is 12.2. The Bertz CT molecular complexity index is 1450. The molecule has 2 heterocycles. The number of hydrogen-bond acceptors (Lipinski definition) is 8. The highest BCUT2D eigenvalue weighted by atomic mass is 127. The molecule has 0 aliphatic heterocycles. The van der Waals surface area contributed by atoms with E-state index in [1.807, 2.05) is 13.8 Å². The fraction of sp³-hybridized carbons (Fsp3) is 0.486. The van der Waals surface area contributed by atoms with Gasteiger partial charge in [0.15, 0.2) is 0 Å². The van der Waals surface area contributed by atoms with Gasteiger partial charge in [0.25, 0.3) is 0 Å². The first-order valence-electron chi connectivity index (χ1n) is 15.3. The average Bonchev–Trinajstić information content (AvgIpc) is 3.59. The first-order chi connectivity index (χ1) is 21.6. The zero-order valence-corrected chi connectivity index (χ0v) is 27.8. The van der Waals surface area contributed by atoms with Gasteiger partial charge < -0.3 is 28.9 Å². The maximum absolute atomic E-state index is 13.0. The predicted octanol–water partition coefficient (Wildman–Crippen LogP) is 8.25. The van der Waals surface area contributed by atoms with E-state index in [0.29, 0.717) is 37.0 Å². The molecule has 2 aromatic heterocycles. The molecule has 0 bridgehead atoms. The monoisotopic (exact) mass is 754 g/mol. The van der Waals surface area contributed by atoms with Crippen molar-refractivity contribution in [2.24, 2.45) is 0 Å². The summed E-state index contributed by atoms with van der Waals surface area (Å²) in [5.41, 5.74) is 3.23. The predicted molar refractivity (Wildman–Crippen MR) is 181 cm³/mol. The number of alkyl halides is 1. The summed E-state index contributed by atoms with van der Waals surface area (Å²) in [5.74, 6) is 2.01. The highest BCUT2D eigenvalue weighted by Gasteiger charge is 2.22. The van der Waals surface area contributed by atoms with Crippen molar-refractivity contribution < 1.29 is 37.7 Å². The molecule has 6 rings (SSSR count). The number of aromatic nitrogens is 2. The summed E-state index contributed by atoms with van der Waals surface area (Å²) < 4.78 is 43.4. The number of aryl methyl sites for hydroxylation is 2. The number of hydrogen-bond donors (Lipinski definition) is 3. The van der Waals surface area contributed by atoms with Crippen LogP contribution in [-0.4, -0.2) is 49.7 Å². The minimum atomic E-state index is -0.286. The third kappa shape index (κ3) is 11.5. The summed E-state index contributed by atoms with van der Waals surface area (Å²) in [7, 11) is 0. The van der Waals surface area contributed by atoms with Crippen LogP contribution in [0.15, 0.2) is 57.4 Å². The third-order valence-corrected chi connectivity index (χ3v) is 8.49. The Morgan fingerprint density at radius 3 is 1.57 bits per heavy atom. The summed E-state index contributed by atoms with van der Waals surface area (Å²) in [6.45, 7) is 4.09. The number of nitrogens with zero attached hydrogens (tertiary/aromatic N) is 2. The van der Waals surface area contributed by atoms with Crippen LogP contribution in [0.5, 0.6) is 0 Å². The number of benzene rings is 2. The molecule has 2 aliphatic rings. The summed E-state index contributed by atoms with van der Waals surface area (Å²) in [6, 6.07) is 12.2. The van der Waals surface area contributed by atoms with Gasteiger partial charge in [-0.2, -0.15) is 0 Å². The Morgan fingerprint density at radius 1 is 0.717 bits per heavy atom. The van der Waals surface area contributed by atoms with Crippen molar-refractivity contribution in [1.82, 2.24) is 9.97 Å². The molecule has 2 aliphatic carbocycles. The molecule has 46 heavy (non-hydrogen) atoms. The maximum Gasteiger partial charge on any atom is 0.226 e. The molecule has 0 amide bonds. The van der Waals surface area contributed by atoms with Gasteiger partial charge in [0.05, 0.1) is 36.7 Å². The summed E-state index contributed by atoms with van der Waals surface area (Å²) in [5, 5.41) is 27.5. The van der Waals surface area contributed by atoms with E-state index in [9.17, 15) is 13.9 Å². The van der Waals surface area contributed by atoms with E-state index in [2.05, 4.69) is 32.6 Å². The lowest BCUT2D eigenvalue weighted by molar-refractivity contribution is -0.0240. The molecule has 2 fully saturated rings. The fourth-order valence-corrected chi connectivity index (χ4v) is 5.86. The summed E-state index contributed by atoms with van der Waals surface area (Å²) in [4.78, 5) is 8.77. The SMILES string of the molecule is C.Cc1oc(-c2ccc(F)cc2)nc1CI.Cc1oc(-c2ccc(F)cc2)nc1COC1CCCC(O)C1.OC1CCCC(O)C1. The van der Waals surface area contributed by atoms with Gasteiger partial charge in [0.2, 0.25) is 11.8 Å². The molecule has 2 saturated carbocycles. The lowest BCUT2D eigenvalue weighted by Crippen LogP contribution is -2.25. The smallest absolute Gasteiger partial charge is 0.226 e. The largest absolute Gasteiger partial charge is 0.441 e. The van der Waals surface area contributed by atoms with E-state index in [1.54, 1.807) is 24.3 Å². The van der Waals surface area contributed by atoms with Crippen LogP contribution >= 0.6 is 22.6 Å². The molecule has 11 heteroatoms. The summed E-state index contributed by atoms with van der Waals surface area (Å²) >= 11 is 2.23. The minimum Gasteiger partial charge on any atom is -0.441 e. The minimum absolute atomic E-state index is 0. The number of oxazole rings is 2. The van der Waals surface area contributed by atoms with Crippen LogP contribution in [0.25, 0.3) is 22.9 Å². The average molecular weight is 755 g/mol. The van der Waals surface area contributed by atoms with Gasteiger partial charge in [0, 0.05) is 15.6 Å². The number of aliphatic hydroxyl groups excluding tert-OH is 3. The molecule has 4 atom stereocenters. The normalized spacial score (nSPS) is 20.9. The quantitative estimate of drug-likeness (QED) is 0.133. The van der Waals surface area contributed by atoms with Crippen molar-refractivity contribution in [3.05, 3.63) is 83.1 Å². The van der Waals surface area contributed by atoms with Crippen LogP contribution in [0.3, 0.4) is 0 Å². The Kier molecular flexibility index (Phi) is 15.2. The molecular formula is C35H45F2IN2O6. The van der Waals surface area contributed by atoms with Gasteiger partial charge in [-0.15, -0.1) is 0 Å². The first-order valence-corrected chi connectivity index (χ1v) is 16.8. The van der Waals surface area contributed by atoms with E-state index in [-0.39, 0.29) is 43.5 Å². The van der Waals surface area contributed by atoms with E-state index in [1.165, 1.54) is 24.3 Å². The van der Waals surface area contributed by atoms with Gasteiger partial charge in [-0.05, 0) is 114 Å². The molecule has 2 aromatic carbocycles. The highest BCUT2D eigenvalue weighted by Crippen LogP contribution is 2.26. The Balaban J connectivity index is 0.000000207. The second-order valence-electron chi connectivity index (χ2n) is 11.4. The van der Waals surface area contributed by atoms with Crippen LogP contribution in [0.2, 0.25) is 0 Å². The van der Waals surface area contributed by atoms with Gasteiger partial charge in [-0.25, -0.2) is 18.7 Å². The van der Waals surface area contributed by atoms with Gasteiger partial charge in [0.1, 0.15) is 28.8 Å². The fourth-order valence-electron chi connectivity index (χ4n) is 5.15. The van der Waals surface area contributed by atoms with E-state index in [4.69, 9.17) is 23.8 Å². The molecule has 4 aromatic rings. The highest BCUT2D eigenvalue weighted by molar-refractivity contribution is 14.1. The molecular weight excluding hydrogens is 709 g/mol. The van der Waals surface area contributed by atoms with Crippen LogP contribution in [0, 0.1) is 25.5 Å². The van der Waals surface area contributed by atoms with Crippen LogP contribution in [0.1, 0.15) is 81.7 Å². The molecule has 0 saturated heterocycles. The first kappa shape index (κ1) is 37.7.